The molecule has 1 N–H and O–H groups in total. The van der Waals surface area contributed by atoms with Gasteiger partial charge in [-0.2, -0.15) is 0 Å². The fourth-order valence-corrected chi connectivity index (χ4v) is 1.11. The van der Waals surface area contributed by atoms with E-state index in [4.69, 9.17) is 0 Å². The molecule has 3 heteroatoms. The van der Waals surface area contributed by atoms with Gasteiger partial charge in [-0.15, -0.1) is 0 Å². The lowest BCUT2D eigenvalue weighted by Crippen LogP contribution is -2.24. The van der Waals surface area contributed by atoms with Crippen LogP contribution in [0.4, 0.5) is 0 Å². The van der Waals surface area contributed by atoms with Crippen molar-refractivity contribution in [3.8, 4) is 0 Å². The summed E-state index contributed by atoms with van der Waals surface area (Å²) in [7, 11) is 1.27. The molecule has 1 aliphatic carbocycles. The number of carbonyl (C=O) groups is 1. The van der Waals surface area contributed by atoms with E-state index < -0.39 is 12.1 Å². The summed E-state index contributed by atoms with van der Waals surface area (Å²) in [5, 5.41) is 9.37. The highest BCUT2D eigenvalue weighted by atomic mass is 16.5. The third-order valence-corrected chi connectivity index (χ3v) is 1.82. The van der Waals surface area contributed by atoms with E-state index in [1.165, 1.54) is 7.11 Å². The predicted octanol–water partition coefficient (Wildman–Crippen LogP) is 0.797. The van der Waals surface area contributed by atoms with Crippen LogP contribution in [0, 0.1) is 0 Å². The van der Waals surface area contributed by atoms with Crippen LogP contribution in [-0.4, -0.2) is 24.3 Å². The van der Waals surface area contributed by atoms with E-state index in [0.717, 1.165) is 18.4 Å². The Morgan fingerprint density at radius 2 is 2.50 bits per heavy atom. The molecule has 1 atom stereocenters. The first kappa shape index (κ1) is 9.00. The average Bonchev–Trinajstić information content (AvgIpc) is 2.17. The molecule has 0 aromatic carbocycles. The van der Waals surface area contributed by atoms with Gasteiger partial charge in [0.2, 0.25) is 0 Å². The first-order valence-electron chi connectivity index (χ1n) is 3.87. The second-order valence-electron chi connectivity index (χ2n) is 2.63. The maximum Gasteiger partial charge on any atom is 0.339 e. The molecule has 66 valence electrons. The zero-order valence-corrected chi connectivity index (χ0v) is 6.99. The van der Waals surface area contributed by atoms with Crippen LogP contribution < -0.4 is 0 Å². The van der Waals surface area contributed by atoms with Gasteiger partial charge >= 0.3 is 5.97 Å². The van der Waals surface area contributed by atoms with Crippen LogP contribution in [0.2, 0.25) is 0 Å². The van der Waals surface area contributed by atoms with Gasteiger partial charge in [-0.25, -0.2) is 4.79 Å². The van der Waals surface area contributed by atoms with Gasteiger partial charge in [0, 0.05) is 0 Å². The molecule has 0 amide bonds. The molecule has 0 aromatic heterocycles. The summed E-state index contributed by atoms with van der Waals surface area (Å²) in [6, 6.07) is 0. The number of methoxy groups -OCH3 is 1. The molecular formula is C9H12O3. The van der Waals surface area contributed by atoms with E-state index in [1.807, 2.05) is 12.2 Å². The quantitative estimate of drug-likeness (QED) is 0.620. The third-order valence-electron chi connectivity index (χ3n) is 1.82. The molecule has 0 bridgehead atoms. The Morgan fingerprint density at radius 1 is 1.75 bits per heavy atom. The Bertz CT molecular complexity index is 228. The average molecular weight is 168 g/mol. The molecule has 0 fully saturated rings. The van der Waals surface area contributed by atoms with Crippen molar-refractivity contribution in [1.29, 1.82) is 0 Å². The molecule has 0 radical (unpaired) electrons. The Balaban J connectivity index is 2.62. The zero-order chi connectivity index (χ0) is 8.97. The fraction of sp³-hybridized carbons (Fsp3) is 0.444. The number of allylic oxidation sites excluding steroid dienone is 3. The van der Waals surface area contributed by atoms with Gasteiger partial charge in [0.1, 0.15) is 0 Å². The smallest absolute Gasteiger partial charge is 0.339 e. The Morgan fingerprint density at radius 3 is 3.00 bits per heavy atom. The van der Waals surface area contributed by atoms with Gasteiger partial charge in [0.05, 0.1) is 7.11 Å². The summed E-state index contributed by atoms with van der Waals surface area (Å²) in [4.78, 5) is 10.9. The predicted molar refractivity (Wildman–Crippen MR) is 44.5 cm³/mol. The van der Waals surface area contributed by atoms with Gasteiger partial charge in [0.15, 0.2) is 6.10 Å². The van der Waals surface area contributed by atoms with E-state index in [0.29, 0.717) is 0 Å². The lowest BCUT2D eigenvalue weighted by Gasteiger charge is -2.13. The number of hydrogen-bond acceptors (Lipinski definition) is 3. The highest BCUT2D eigenvalue weighted by Gasteiger charge is 2.19. The Hall–Kier alpha value is -1.09. The number of carbonyl (C=O) groups excluding carboxylic acids is 1. The summed E-state index contributed by atoms with van der Waals surface area (Å²) in [6.45, 7) is 0. The van der Waals surface area contributed by atoms with E-state index in [-0.39, 0.29) is 0 Å². The summed E-state index contributed by atoms with van der Waals surface area (Å²) < 4.78 is 4.41. The van der Waals surface area contributed by atoms with Crippen molar-refractivity contribution in [2.45, 2.75) is 18.9 Å². The van der Waals surface area contributed by atoms with Crippen molar-refractivity contribution in [3.63, 3.8) is 0 Å². The maximum absolute atomic E-state index is 10.9. The van der Waals surface area contributed by atoms with Gasteiger partial charge in [-0.1, -0.05) is 18.2 Å². The van der Waals surface area contributed by atoms with Gasteiger partial charge in [-0.05, 0) is 18.4 Å². The number of aliphatic hydroxyl groups excluding tert-OH is 1. The van der Waals surface area contributed by atoms with Crippen molar-refractivity contribution in [2.75, 3.05) is 7.11 Å². The number of esters is 1. The van der Waals surface area contributed by atoms with Crippen molar-refractivity contribution in [3.05, 3.63) is 23.8 Å². The van der Waals surface area contributed by atoms with Crippen molar-refractivity contribution < 1.29 is 14.6 Å². The molecule has 1 aliphatic rings. The third kappa shape index (κ3) is 1.95. The van der Waals surface area contributed by atoms with E-state index in [9.17, 15) is 9.90 Å². The lowest BCUT2D eigenvalue weighted by molar-refractivity contribution is -0.148. The highest BCUT2D eigenvalue weighted by Crippen LogP contribution is 2.16. The first-order chi connectivity index (χ1) is 5.75. The highest BCUT2D eigenvalue weighted by molar-refractivity contribution is 5.78. The van der Waals surface area contributed by atoms with Crippen LogP contribution in [-0.2, 0) is 9.53 Å². The first-order valence-corrected chi connectivity index (χ1v) is 3.87. The van der Waals surface area contributed by atoms with Crippen molar-refractivity contribution in [2.24, 2.45) is 0 Å². The zero-order valence-electron chi connectivity index (χ0n) is 6.99. The number of rotatable bonds is 2. The summed E-state index contributed by atoms with van der Waals surface area (Å²) in [5.41, 5.74) is 0.726. The van der Waals surface area contributed by atoms with Gasteiger partial charge < -0.3 is 9.84 Å². The van der Waals surface area contributed by atoms with Crippen LogP contribution in [0.1, 0.15) is 12.8 Å². The minimum Gasteiger partial charge on any atom is -0.467 e. The van der Waals surface area contributed by atoms with Crippen LogP contribution in [0.5, 0.6) is 0 Å². The van der Waals surface area contributed by atoms with Crippen LogP contribution in [0.15, 0.2) is 23.8 Å². The van der Waals surface area contributed by atoms with Crippen molar-refractivity contribution in [1.82, 2.24) is 0 Å². The second-order valence-corrected chi connectivity index (χ2v) is 2.63. The molecule has 1 unspecified atom stereocenters. The van der Waals surface area contributed by atoms with Gasteiger partial charge in [-0.3, -0.25) is 0 Å². The molecule has 0 aliphatic heterocycles. The molecular weight excluding hydrogens is 156 g/mol. The number of aliphatic hydroxyl groups is 1. The van der Waals surface area contributed by atoms with Crippen LogP contribution in [0.25, 0.3) is 0 Å². The monoisotopic (exact) mass is 168 g/mol. The fourth-order valence-electron chi connectivity index (χ4n) is 1.11. The SMILES string of the molecule is COC(=O)C(O)C1=CC=CCC1. The molecule has 0 saturated carbocycles. The summed E-state index contributed by atoms with van der Waals surface area (Å²) in [5.74, 6) is -0.587. The second kappa shape index (κ2) is 4.07. The van der Waals surface area contributed by atoms with Crippen LogP contribution >= 0.6 is 0 Å². The normalized spacial score (nSPS) is 18.3. The standard InChI is InChI=1S/C9H12O3/c1-12-9(11)8(10)7-5-3-2-4-6-7/h2-3,5,8,10H,4,6H2,1H3. The molecule has 0 saturated heterocycles. The van der Waals surface area contributed by atoms with Crippen LogP contribution in [0.3, 0.4) is 0 Å². The topological polar surface area (TPSA) is 46.5 Å². The maximum atomic E-state index is 10.9. The molecule has 1 rings (SSSR count). The molecule has 0 spiro atoms. The molecule has 3 nitrogen and oxygen atoms in total. The number of ether oxygens (including phenoxy) is 1. The Labute approximate surface area is 71.3 Å². The minimum atomic E-state index is -1.08. The number of hydrogen-bond donors (Lipinski definition) is 1. The summed E-state index contributed by atoms with van der Waals surface area (Å²) >= 11 is 0. The van der Waals surface area contributed by atoms with Crippen molar-refractivity contribution >= 4 is 5.97 Å². The minimum absolute atomic E-state index is 0.587. The van der Waals surface area contributed by atoms with E-state index in [1.54, 1.807) is 6.08 Å². The lowest BCUT2D eigenvalue weighted by atomic mass is 10.00. The van der Waals surface area contributed by atoms with E-state index in [2.05, 4.69) is 4.74 Å². The van der Waals surface area contributed by atoms with E-state index >= 15 is 0 Å². The molecule has 0 heterocycles. The largest absolute Gasteiger partial charge is 0.467 e. The Kier molecular flexibility index (Phi) is 3.05. The molecule has 0 aromatic rings. The van der Waals surface area contributed by atoms with Gasteiger partial charge in [0.25, 0.3) is 0 Å². The molecule has 12 heavy (non-hydrogen) atoms. The summed E-state index contributed by atoms with van der Waals surface area (Å²) in [6.07, 6.45) is 6.11.